The van der Waals surface area contributed by atoms with Crippen LogP contribution in [0.2, 0.25) is 0 Å². The van der Waals surface area contributed by atoms with Gasteiger partial charge in [0.2, 0.25) is 5.91 Å². The molecule has 20 heavy (non-hydrogen) atoms. The zero-order valence-electron chi connectivity index (χ0n) is 12.7. The molecule has 3 nitrogen and oxygen atoms in total. The van der Waals surface area contributed by atoms with Gasteiger partial charge in [0.1, 0.15) is 0 Å². The topological polar surface area (TPSA) is 69.1 Å². The van der Waals surface area contributed by atoms with Gasteiger partial charge < -0.3 is 11.5 Å². The van der Waals surface area contributed by atoms with Gasteiger partial charge >= 0.3 is 0 Å². The summed E-state index contributed by atoms with van der Waals surface area (Å²) < 4.78 is 0. The number of hydrogen-bond donors (Lipinski definition) is 2. The Balaban J connectivity index is 2.21. The van der Waals surface area contributed by atoms with Crippen molar-refractivity contribution in [2.45, 2.75) is 51.3 Å². The average Bonchev–Trinajstić information content (AvgIpc) is 2.32. The minimum atomic E-state index is -0.863. The Morgan fingerprint density at radius 1 is 1.20 bits per heavy atom. The first-order chi connectivity index (χ1) is 9.31. The van der Waals surface area contributed by atoms with Gasteiger partial charge in [-0.2, -0.15) is 11.8 Å². The van der Waals surface area contributed by atoms with E-state index in [1.54, 1.807) is 6.92 Å². The maximum Gasteiger partial charge on any atom is 0.237 e. The normalized spacial score (nSPS) is 14.0. The van der Waals surface area contributed by atoms with E-state index in [0.29, 0.717) is 6.42 Å². The van der Waals surface area contributed by atoms with Gasteiger partial charge in [-0.1, -0.05) is 35.7 Å². The van der Waals surface area contributed by atoms with Gasteiger partial charge in [0.25, 0.3) is 0 Å². The highest BCUT2D eigenvalue weighted by atomic mass is 32.2. The molecule has 1 rings (SSSR count). The second-order valence-corrected chi connectivity index (χ2v) is 6.89. The Morgan fingerprint density at radius 3 is 2.35 bits per heavy atom. The lowest BCUT2D eigenvalue weighted by molar-refractivity contribution is -0.122. The van der Waals surface area contributed by atoms with Crippen LogP contribution in [0.15, 0.2) is 18.2 Å². The first-order valence-electron chi connectivity index (χ1n) is 7.05. The summed E-state index contributed by atoms with van der Waals surface area (Å²) in [7, 11) is 0. The Labute approximate surface area is 126 Å². The van der Waals surface area contributed by atoms with Crippen molar-refractivity contribution in [1.29, 1.82) is 0 Å². The number of unbranched alkanes of at least 4 members (excludes halogenated alkanes) is 1. The molecule has 112 valence electrons. The van der Waals surface area contributed by atoms with Crippen molar-refractivity contribution in [3.05, 3.63) is 34.9 Å². The summed E-state index contributed by atoms with van der Waals surface area (Å²) in [6, 6.07) is 6.67. The largest absolute Gasteiger partial charge is 0.368 e. The number of primary amides is 1. The smallest absolute Gasteiger partial charge is 0.237 e. The molecule has 1 atom stereocenters. The first-order valence-corrected chi connectivity index (χ1v) is 8.20. The van der Waals surface area contributed by atoms with Gasteiger partial charge in [0, 0.05) is 5.75 Å². The lowest BCUT2D eigenvalue weighted by Gasteiger charge is -2.19. The minimum Gasteiger partial charge on any atom is -0.368 e. The molecule has 0 spiro atoms. The molecular weight excluding hydrogens is 268 g/mol. The van der Waals surface area contributed by atoms with Gasteiger partial charge in [-0.3, -0.25) is 4.79 Å². The predicted octanol–water partition coefficient (Wildman–Crippen LogP) is 2.91. The molecule has 0 aliphatic heterocycles. The van der Waals surface area contributed by atoms with Crippen LogP contribution in [0.25, 0.3) is 0 Å². The van der Waals surface area contributed by atoms with Crippen LogP contribution in [0.1, 0.15) is 42.9 Å². The zero-order valence-corrected chi connectivity index (χ0v) is 13.6. The van der Waals surface area contributed by atoms with Crippen molar-refractivity contribution in [3.63, 3.8) is 0 Å². The minimum absolute atomic E-state index is 0.416. The first kappa shape index (κ1) is 17.1. The number of benzene rings is 1. The number of amides is 1. The quantitative estimate of drug-likeness (QED) is 0.724. The van der Waals surface area contributed by atoms with E-state index in [4.69, 9.17) is 11.5 Å². The maximum atomic E-state index is 11.1. The highest BCUT2D eigenvalue weighted by Crippen LogP contribution is 2.18. The molecule has 1 aromatic carbocycles. The molecule has 0 radical (unpaired) electrons. The average molecular weight is 294 g/mol. The van der Waals surface area contributed by atoms with Gasteiger partial charge in [-0.15, -0.1) is 0 Å². The second-order valence-electron chi connectivity index (χ2n) is 5.79. The van der Waals surface area contributed by atoms with Crippen molar-refractivity contribution in [3.8, 4) is 0 Å². The molecule has 0 fully saturated rings. The Morgan fingerprint density at radius 2 is 1.80 bits per heavy atom. The third-order valence-corrected chi connectivity index (χ3v) is 4.46. The third kappa shape index (κ3) is 5.97. The Kier molecular flexibility index (Phi) is 6.56. The standard InChI is InChI=1S/C16H26N2OS/c1-12-8-13(2)10-14(9-12)11-20-7-5-4-6-16(3,18)15(17)19/h8-10H,4-7,11,18H2,1-3H3,(H2,17,19). The van der Waals surface area contributed by atoms with Crippen molar-refractivity contribution >= 4 is 17.7 Å². The van der Waals surface area contributed by atoms with Gasteiger partial charge in [0.15, 0.2) is 0 Å². The Bertz CT molecular complexity index is 438. The summed E-state index contributed by atoms with van der Waals surface area (Å²) in [5, 5.41) is 0. The SMILES string of the molecule is Cc1cc(C)cc(CSCCCCC(C)(N)C(N)=O)c1. The maximum absolute atomic E-state index is 11.1. The van der Waals surface area contributed by atoms with Gasteiger partial charge in [-0.25, -0.2) is 0 Å². The van der Waals surface area contributed by atoms with E-state index in [-0.39, 0.29) is 0 Å². The molecule has 0 aromatic heterocycles. The number of aryl methyl sites for hydroxylation is 2. The summed E-state index contributed by atoms with van der Waals surface area (Å²) in [4.78, 5) is 11.1. The fourth-order valence-electron chi connectivity index (χ4n) is 2.16. The molecule has 0 saturated carbocycles. The summed E-state index contributed by atoms with van der Waals surface area (Å²) in [5.74, 6) is 1.71. The van der Waals surface area contributed by atoms with Crippen LogP contribution in [0.3, 0.4) is 0 Å². The molecule has 0 aliphatic rings. The highest BCUT2D eigenvalue weighted by molar-refractivity contribution is 7.98. The van der Waals surface area contributed by atoms with Crippen LogP contribution in [0, 0.1) is 13.8 Å². The molecule has 0 heterocycles. The lowest BCUT2D eigenvalue weighted by Crippen LogP contribution is -2.49. The van der Waals surface area contributed by atoms with Crippen LogP contribution < -0.4 is 11.5 Å². The van der Waals surface area contributed by atoms with E-state index in [0.717, 1.165) is 24.3 Å². The monoisotopic (exact) mass is 294 g/mol. The highest BCUT2D eigenvalue weighted by Gasteiger charge is 2.24. The van der Waals surface area contributed by atoms with Crippen molar-refractivity contribution in [1.82, 2.24) is 0 Å². The molecule has 1 unspecified atom stereocenters. The fourth-order valence-corrected chi connectivity index (χ4v) is 3.12. The van der Waals surface area contributed by atoms with Crippen LogP contribution in [0.4, 0.5) is 0 Å². The predicted molar refractivity (Wildman–Crippen MR) is 87.7 cm³/mol. The van der Waals surface area contributed by atoms with E-state index in [1.165, 1.54) is 16.7 Å². The molecule has 1 aromatic rings. The van der Waals surface area contributed by atoms with E-state index >= 15 is 0 Å². The second kappa shape index (κ2) is 7.70. The van der Waals surface area contributed by atoms with Crippen molar-refractivity contribution in [2.24, 2.45) is 11.5 Å². The van der Waals surface area contributed by atoms with Crippen LogP contribution in [0.5, 0.6) is 0 Å². The molecule has 0 bridgehead atoms. The number of carbonyl (C=O) groups is 1. The number of nitrogens with two attached hydrogens (primary N) is 2. The third-order valence-electron chi connectivity index (χ3n) is 3.35. The van der Waals surface area contributed by atoms with E-state index in [9.17, 15) is 4.79 Å². The molecule has 4 heteroatoms. The fraction of sp³-hybridized carbons (Fsp3) is 0.562. The number of carbonyl (C=O) groups excluding carboxylic acids is 1. The van der Waals surface area contributed by atoms with Gasteiger partial charge in [0.05, 0.1) is 5.54 Å². The summed E-state index contributed by atoms with van der Waals surface area (Å²) >= 11 is 1.93. The number of hydrogen-bond acceptors (Lipinski definition) is 3. The van der Waals surface area contributed by atoms with Crippen LogP contribution >= 0.6 is 11.8 Å². The van der Waals surface area contributed by atoms with E-state index < -0.39 is 11.4 Å². The van der Waals surface area contributed by atoms with E-state index in [1.807, 2.05) is 11.8 Å². The van der Waals surface area contributed by atoms with Crippen molar-refractivity contribution in [2.75, 3.05) is 5.75 Å². The molecule has 1 amide bonds. The molecular formula is C16H26N2OS. The molecule has 0 aliphatic carbocycles. The molecule has 4 N–H and O–H groups in total. The molecule has 0 saturated heterocycles. The summed E-state index contributed by atoms with van der Waals surface area (Å²) in [5.41, 5.74) is 14.2. The zero-order chi connectivity index (χ0) is 15.2. The Hall–Kier alpha value is -1.00. The number of rotatable bonds is 8. The van der Waals surface area contributed by atoms with Crippen LogP contribution in [-0.2, 0) is 10.5 Å². The lowest BCUT2D eigenvalue weighted by atomic mass is 9.96. The summed E-state index contributed by atoms with van der Waals surface area (Å²) in [6.07, 6.45) is 2.66. The van der Waals surface area contributed by atoms with Crippen LogP contribution in [-0.4, -0.2) is 17.2 Å². The summed E-state index contributed by atoms with van der Waals surface area (Å²) in [6.45, 7) is 5.97. The number of thioether (sulfide) groups is 1. The van der Waals surface area contributed by atoms with Crippen molar-refractivity contribution < 1.29 is 4.79 Å². The van der Waals surface area contributed by atoms with Gasteiger partial charge in [-0.05, 0) is 44.9 Å². The van der Waals surface area contributed by atoms with E-state index in [2.05, 4.69) is 32.0 Å².